The van der Waals surface area contributed by atoms with E-state index in [1.54, 1.807) is 22.7 Å². The zero-order valence-corrected chi connectivity index (χ0v) is 16.8. The summed E-state index contributed by atoms with van der Waals surface area (Å²) in [4.78, 5) is 20.4. The van der Waals surface area contributed by atoms with Gasteiger partial charge in [0.15, 0.2) is 5.13 Å². The van der Waals surface area contributed by atoms with Crippen molar-refractivity contribution >= 4 is 44.4 Å². The van der Waals surface area contributed by atoms with Gasteiger partial charge in [-0.3, -0.25) is 9.69 Å². The number of anilines is 1. The Morgan fingerprint density at radius 2 is 1.79 bits per heavy atom. The van der Waals surface area contributed by atoms with E-state index in [1.807, 2.05) is 66.9 Å². The van der Waals surface area contributed by atoms with Crippen LogP contribution in [0.15, 0.2) is 77.7 Å². The fourth-order valence-corrected chi connectivity index (χ4v) is 4.29. The van der Waals surface area contributed by atoms with Gasteiger partial charge in [0.05, 0.1) is 11.2 Å². The molecule has 6 heteroatoms. The van der Waals surface area contributed by atoms with Crippen molar-refractivity contribution in [2.24, 2.45) is 0 Å². The second-order valence-electron chi connectivity index (χ2n) is 6.19. The molecule has 0 radical (unpaired) electrons. The SMILES string of the molecule is CSc1ccc(C(=O)N(Cc2ccccc2)c2nc3c(F)cccc3s2)cc1. The van der Waals surface area contributed by atoms with Crippen LogP contribution in [-0.4, -0.2) is 17.1 Å². The molecular weight excluding hydrogens is 391 g/mol. The zero-order chi connectivity index (χ0) is 19.5. The maximum atomic E-state index is 14.1. The number of amides is 1. The van der Waals surface area contributed by atoms with Gasteiger partial charge in [0.2, 0.25) is 0 Å². The van der Waals surface area contributed by atoms with E-state index in [1.165, 1.54) is 17.4 Å². The van der Waals surface area contributed by atoms with Gasteiger partial charge in [-0.1, -0.05) is 47.7 Å². The monoisotopic (exact) mass is 408 g/mol. The largest absolute Gasteiger partial charge is 0.279 e. The molecule has 0 aliphatic heterocycles. The molecule has 0 saturated heterocycles. The third-order valence-corrected chi connectivity index (χ3v) is 6.14. The van der Waals surface area contributed by atoms with E-state index in [2.05, 4.69) is 4.98 Å². The summed E-state index contributed by atoms with van der Waals surface area (Å²) in [5, 5.41) is 0.489. The van der Waals surface area contributed by atoms with E-state index < -0.39 is 0 Å². The van der Waals surface area contributed by atoms with E-state index in [4.69, 9.17) is 0 Å². The number of aromatic nitrogens is 1. The first-order valence-corrected chi connectivity index (χ1v) is 10.7. The number of thioether (sulfide) groups is 1. The summed E-state index contributed by atoms with van der Waals surface area (Å²) in [6, 6.07) is 22.1. The molecule has 1 amide bonds. The number of rotatable bonds is 5. The van der Waals surface area contributed by atoms with Gasteiger partial charge in [-0.05, 0) is 48.2 Å². The van der Waals surface area contributed by atoms with Crippen LogP contribution < -0.4 is 4.90 Å². The molecule has 0 aliphatic rings. The number of nitrogens with zero attached hydrogens (tertiary/aromatic N) is 2. The van der Waals surface area contributed by atoms with Crippen molar-refractivity contribution in [3.05, 3.63) is 89.7 Å². The van der Waals surface area contributed by atoms with Crippen molar-refractivity contribution in [2.75, 3.05) is 11.2 Å². The third kappa shape index (κ3) is 3.79. The molecule has 0 aliphatic carbocycles. The summed E-state index contributed by atoms with van der Waals surface area (Å²) >= 11 is 2.94. The van der Waals surface area contributed by atoms with Crippen LogP contribution in [0.5, 0.6) is 0 Å². The van der Waals surface area contributed by atoms with Gasteiger partial charge in [-0.15, -0.1) is 11.8 Å². The molecular formula is C22H17FN2OS2. The molecule has 4 rings (SSSR count). The van der Waals surface area contributed by atoms with Crippen LogP contribution in [-0.2, 0) is 6.54 Å². The van der Waals surface area contributed by atoms with Crippen molar-refractivity contribution in [2.45, 2.75) is 11.4 Å². The van der Waals surface area contributed by atoms with Crippen LogP contribution >= 0.6 is 23.1 Å². The molecule has 3 aromatic carbocycles. The smallest absolute Gasteiger partial charge is 0.260 e. The first kappa shape index (κ1) is 18.7. The Balaban J connectivity index is 1.75. The number of fused-ring (bicyclic) bond motifs is 1. The Hall–Kier alpha value is -2.70. The number of hydrogen-bond acceptors (Lipinski definition) is 4. The highest BCUT2D eigenvalue weighted by Gasteiger charge is 2.22. The predicted molar refractivity (Wildman–Crippen MR) is 115 cm³/mol. The van der Waals surface area contributed by atoms with E-state index in [0.29, 0.717) is 22.8 Å². The number of carbonyl (C=O) groups is 1. The van der Waals surface area contributed by atoms with E-state index >= 15 is 0 Å². The minimum absolute atomic E-state index is 0.157. The average Bonchev–Trinajstić information content (AvgIpc) is 3.18. The lowest BCUT2D eigenvalue weighted by Gasteiger charge is -2.20. The van der Waals surface area contributed by atoms with Crippen molar-refractivity contribution in [1.82, 2.24) is 4.98 Å². The zero-order valence-electron chi connectivity index (χ0n) is 15.1. The Labute approximate surface area is 170 Å². The number of benzene rings is 3. The number of thiazole rings is 1. The minimum atomic E-state index is -0.378. The normalized spacial score (nSPS) is 10.9. The number of halogens is 1. The molecule has 0 N–H and O–H groups in total. The molecule has 0 bridgehead atoms. The predicted octanol–water partition coefficient (Wildman–Crippen LogP) is 6.00. The van der Waals surface area contributed by atoms with Crippen LogP contribution in [0.25, 0.3) is 10.2 Å². The molecule has 28 heavy (non-hydrogen) atoms. The van der Waals surface area contributed by atoms with Crippen LogP contribution in [0.1, 0.15) is 15.9 Å². The summed E-state index contributed by atoms with van der Waals surface area (Å²) in [5.41, 5.74) is 1.86. The van der Waals surface area contributed by atoms with Gasteiger partial charge in [0, 0.05) is 10.5 Å². The second kappa shape index (κ2) is 8.12. The Kier molecular flexibility index (Phi) is 5.41. The Morgan fingerprint density at radius 3 is 2.46 bits per heavy atom. The van der Waals surface area contributed by atoms with E-state index in [-0.39, 0.29) is 11.7 Å². The minimum Gasteiger partial charge on any atom is -0.279 e. The Bertz CT molecular complexity index is 1110. The van der Waals surface area contributed by atoms with E-state index in [0.717, 1.165) is 15.2 Å². The van der Waals surface area contributed by atoms with Crippen molar-refractivity contribution in [1.29, 1.82) is 0 Å². The molecule has 0 unspecified atom stereocenters. The summed E-state index contributed by atoms with van der Waals surface area (Å²) in [6.07, 6.45) is 1.99. The number of carbonyl (C=O) groups excluding carboxylic acids is 1. The second-order valence-corrected chi connectivity index (χ2v) is 8.08. The molecule has 0 saturated carbocycles. The van der Waals surface area contributed by atoms with Crippen LogP contribution in [0.3, 0.4) is 0 Å². The molecule has 3 nitrogen and oxygen atoms in total. The Morgan fingerprint density at radius 1 is 1.04 bits per heavy atom. The molecule has 0 fully saturated rings. The average molecular weight is 409 g/mol. The lowest BCUT2D eigenvalue weighted by atomic mass is 10.1. The number of para-hydroxylation sites is 1. The molecule has 140 valence electrons. The molecule has 0 spiro atoms. The maximum Gasteiger partial charge on any atom is 0.260 e. The van der Waals surface area contributed by atoms with Gasteiger partial charge >= 0.3 is 0 Å². The maximum absolute atomic E-state index is 14.1. The highest BCUT2D eigenvalue weighted by Crippen LogP contribution is 2.32. The van der Waals surface area contributed by atoms with Crippen molar-refractivity contribution in [3.8, 4) is 0 Å². The van der Waals surface area contributed by atoms with Gasteiger partial charge in [0.1, 0.15) is 11.3 Å². The van der Waals surface area contributed by atoms with Gasteiger partial charge in [-0.2, -0.15) is 0 Å². The number of hydrogen-bond donors (Lipinski definition) is 0. The van der Waals surface area contributed by atoms with Crippen LogP contribution in [0.2, 0.25) is 0 Å². The standard InChI is InChI=1S/C22H17FN2OS2/c1-27-17-12-10-16(11-13-17)21(26)25(14-15-6-3-2-4-7-15)22-24-20-18(23)8-5-9-19(20)28-22/h2-13H,14H2,1H3. The molecule has 4 aromatic rings. The summed E-state index contributed by atoms with van der Waals surface area (Å²) < 4.78 is 14.9. The summed E-state index contributed by atoms with van der Waals surface area (Å²) in [6.45, 7) is 0.366. The lowest BCUT2D eigenvalue weighted by molar-refractivity contribution is 0.0985. The fourth-order valence-electron chi connectivity index (χ4n) is 2.90. The van der Waals surface area contributed by atoms with Gasteiger partial charge in [0.25, 0.3) is 5.91 Å². The molecule has 1 heterocycles. The molecule has 0 atom stereocenters. The highest BCUT2D eigenvalue weighted by atomic mass is 32.2. The van der Waals surface area contributed by atoms with E-state index in [9.17, 15) is 9.18 Å². The third-order valence-electron chi connectivity index (χ3n) is 4.35. The highest BCUT2D eigenvalue weighted by molar-refractivity contribution is 7.98. The summed E-state index contributed by atoms with van der Waals surface area (Å²) in [5.74, 6) is -0.535. The van der Waals surface area contributed by atoms with Crippen LogP contribution in [0, 0.1) is 5.82 Å². The van der Waals surface area contributed by atoms with Crippen LogP contribution in [0.4, 0.5) is 9.52 Å². The van der Waals surface area contributed by atoms with Gasteiger partial charge < -0.3 is 0 Å². The van der Waals surface area contributed by atoms with Gasteiger partial charge in [-0.25, -0.2) is 9.37 Å². The lowest BCUT2D eigenvalue weighted by Crippen LogP contribution is -2.30. The topological polar surface area (TPSA) is 33.2 Å². The van der Waals surface area contributed by atoms with Crippen molar-refractivity contribution in [3.63, 3.8) is 0 Å². The quantitative estimate of drug-likeness (QED) is 0.380. The summed E-state index contributed by atoms with van der Waals surface area (Å²) in [7, 11) is 0. The van der Waals surface area contributed by atoms with Crippen molar-refractivity contribution < 1.29 is 9.18 Å². The fraction of sp³-hybridized carbons (Fsp3) is 0.0909. The first-order valence-electron chi connectivity index (χ1n) is 8.70. The molecule has 1 aromatic heterocycles. The first-order chi connectivity index (χ1) is 13.7.